The summed E-state index contributed by atoms with van der Waals surface area (Å²) in [4.78, 5) is 45.7. The molecule has 2 saturated heterocycles. The zero-order chi connectivity index (χ0) is 36.8. The number of ether oxygens (including phenoxy) is 4. The molecule has 276 valence electrons. The minimum atomic E-state index is -0.592. The molecule has 2 aromatic carbocycles. The molecular formula is C39H47ClN6O6. The summed E-state index contributed by atoms with van der Waals surface area (Å²) in [5, 5.41) is 0.396. The Hall–Kier alpha value is -4.71. The molecule has 3 aliphatic heterocycles. The van der Waals surface area contributed by atoms with Gasteiger partial charge in [0.15, 0.2) is 0 Å². The van der Waals surface area contributed by atoms with E-state index in [1.165, 1.54) is 0 Å². The van der Waals surface area contributed by atoms with E-state index in [9.17, 15) is 9.59 Å². The molecule has 2 atom stereocenters. The number of aromatic nitrogens is 4. The topological polar surface area (TPSA) is 135 Å². The summed E-state index contributed by atoms with van der Waals surface area (Å²) in [6.45, 7) is 13.4. The van der Waals surface area contributed by atoms with Gasteiger partial charge in [0.25, 0.3) is 0 Å². The molecule has 52 heavy (non-hydrogen) atoms. The van der Waals surface area contributed by atoms with Crippen LogP contribution in [0.2, 0.25) is 5.15 Å². The molecule has 2 aromatic heterocycles. The van der Waals surface area contributed by atoms with Crippen LogP contribution in [0.3, 0.4) is 0 Å². The van der Waals surface area contributed by atoms with Crippen LogP contribution in [0.25, 0.3) is 33.6 Å². The summed E-state index contributed by atoms with van der Waals surface area (Å²) < 4.78 is 24.0. The second kappa shape index (κ2) is 14.0. The number of imidazole rings is 2. The highest BCUT2D eigenvalue weighted by Gasteiger charge is 2.37. The van der Waals surface area contributed by atoms with Crippen molar-refractivity contribution in [3.8, 4) is 45.1 Å². The van der Waals surface area contributed by atoms with E-state index in [4.69, 9.17) is 35.5 Å². The smallest absolute Gasteiger partial charge is 0.410 e. The minimum Gasteiger partial charge on any atom is -0.493 e. The fourth-order valence-corrected chi connectivity index (χ4v) is 7.27. The summed E-state index contributed by atoms with van der Waals surface area (Å²) in [6, 6.07) is 11.6. The third kappa shape index (κ3) is 7.58. The number of carbonyl (C=O) groups is 2. The molecule has 2 N–H and O–H groups in total. The molecule has 2 amide bonds. The van der Waals surface area contributed by atoms with Gasteiger partial charge < -0.3 is 28.9 Å². The van der Waals surface area contributed by atoms with Crippen molar-refractivity contribution < 1.29 is 28.5 Å². The van der Waals surface area contributed by atoms with Gasteiger partial charge in [-0.3, -0.25) is 9.80 Å². The van der Waals surface area contributed by atoms with Gasteiger partial charge in [0.2, 0.25) is 0 Å². The molecule has 1 unspecified atom stereocenters. The van der Waals surface area contributed by atoms with Crippen LogP contribution >= 0.6 is 11.6 Å². The largest absolute Gasteiger partial charge is 0.493 e. The number of fused-ring (bicyclic) bond motifs is 3. The normalized spacial score (nSPS) is 19.1. The zero-order valence-corrected chi connectivity index (χ0v) is 31.4. The maximum absolute atomic E-state index is 13.0. The summed E-state index contributed by atoms with van der Waals surface area (Å²) in [6.07, 6.45) is 5.13. The first-order chi connectivity index (χ1) is 24.7. The lowest BCUT2D eigenvalue weighted by Gasteiger charge is -2.27. The molecule has 13 heteroatoms. The van der Waals surface area contributed by atoms with Gasteiger partial charge in [-0.25, -0.2) is 19.6 Å². The number of nitrogens with zero attached hydrogens (tertiary/aromatic N) is 4. The average molecular weight is 731 g/mol. The lowest BCUT2D eigenvalue weighted by molar-refractivity contribution is 0.0208. The lowest BCUT2D eigenvalue weighted by atomic mass is 9.98. The van der Waals surface area contributed by atoms with Crippen molar-refractivity contribution in [1.29, 1.82) is 0 Å². The Morgan fingerprint density at radius 3 is 1.88 bits per heavy atom. The molecule has 7 rings (SSSR count). The lowest BCUT2D eigenvalue weighted by Crippen LogP contribution is -2.36. The van der Waals surface area contributed by atoms with E-state index in [-0.39, 0.29) is 24.3 Å². The first-order valence-corrected chi connectivity index (χ1v) is 18.5. The Balaban J connectivity index is 1.14. The van der Waals surface area contributed by atoms with Gasteiger partial charge in [-0.1, -0.05) is 23.7 Å². The number of nitrogens with one attached hydrogen (secondary N) is 2. The highest BCUT2D eigenvalue weighted by atomic mass is 35.5. The van der Waals surface area contributed by atoms with E-state index >= 15 is 0 Å². The molecule has 0 spiro atoms. The number of hydrogen-bond acceptors (Lipinski definition) is 8. The number of rotatable bonds is 4. The van der Waals surface area contributed by atoms with Crippen molar-refractivity contribution in [1.82, 2.24) is 29.7 Å². The van der Waals surface area contributed by atoms with E-state index in [0.29, 0.717) is 55.1 Å². The molecule has 4 aromatic rings. The summed E-state index contributed by atoms with van der Waals surface area (Å²) in [7, 11) is 0. The highest BCUT2D eigenvalue weighted by Crippen LogP contribution is 2.43. The second-order valence-electron chi connectivity index (χ2n) is 15.6. The van der Waals surface area contributed by atoms with Gasteiger partial charge in [0.1, 0.15) is 45.2 Å². The van der Waals surface area contributed by atoms with Crippen molar-refractivity contribution in [2.24, 2.45) is 0 Å². The van der Waals surface area contributed by atoms with E-state index in [2.05, 4.69) is 15.0 Å². The maximum atomic E-state index is 13.0. The van der Waals surface area contributed by atoms with Crippen molar-refractivity contribution in [3.63, 3.8) is 0 Å². The predicted octanol–water partition coefficient (Wildman–Crippen LogP) is 9.09. The van der Waals surface area contributed by atoms with E-state index in [1.54, 1.807) is 16.0 Å². The van der Waals surface area contributed by atoms with E-state index < -0.39 is 11.2 Å². The molecule has 2 fully saturated rings. The number of aromatic amines is 2. The quantitative estimate of drug-likeness (QED) is 0.212. The van der Waals surface area contributed by atoms with Gasteiger partial charge in [0.05, 0.1) is 37.2 Å². The van der Waals surface area contributed by atoms with Gasteiger partial charge in [-0.2, -0.15) is 0 Å². The van der Waals surface area contributed by atoms with Crippen LogP contribution in [-0.4, -0.2) is 79.4 Å². The highest BCUT2D eigenvalue weighted by molar-refractivity contribution is 6.32. The monoisotopic (exact) mass is 730 g/mol. The SMILES string of the molecule is CC(C)(C)OC(=O)N1CCCC1c1nc(-c2ccc3c(c2)OCCCOc2cc(-c4cnc([C@@H]5CCCN5C(=O)OC(C)(C)C)[nH]4)ccc2-3)c(Cl)[nH]1. The number of carbonyl (C=O) groups excluding carboxylic acids is 2. The Labute approximate surface area is 309 Å². The van der Waals surface area contributed by atoms with Crippen LogP contribution in [0, 0.1) is 0 Å². The molecule has 5 heterocycles. The van der Waals surface area contributed by atoms with Crippen molar-refractivity contribution in [3.05, 3.63) is 59.4 Å². The first kappa shape index (κ1) is 35.7. The number of halogens is 1. The molecule has 0 radical (unpaired) electrons. The Morgan fingerprint density at radius 1 is 0.769 bits per heavy atom. The predicted molar refractivity (Wildman–Crippen MR) is 197 cm³/mol. The van der Waals surface area contributed by atoms with Gasteiger partial charge in [-0.05, 0) is 91.5 Å². The van der Waals surface area contributed by atoms with Crippen LogP contribution in [0.4, 0.5) is 9.59 Å². The van der Waals surface area contributed by atoms with Crippen LogP contribution in [0.1, 0.15) is 97.4 Å². The number of benzene rings is 2. The van der Waals surface area contributed by atoms with Gasteiger partial charge >= 0.3 is 12.2 Å². The van der Waals surface area contributed by atoms with Crippen LogP contribution in [0.5, 0.6) is 11.5 Å². The molecule has 0 aliphatic carbocycles. The fourth-order valence-electron chi connectivity index (χ4n) is 7.02. The first-order valence-electron chi connectivity index (χ1n) is 18.1. The van der Waals surface area contributed by atoms with Crippen molar-refractivity contribution >= 4 is 23.8 Å². The Morgan fingerprint density at radius 2 is 1.31 bits per heavy atom. The third-order valence-corrected chi connectivity index (χ3v) is 9.58. The number of likely N-dealkylation sites (tertiary alicyclic amines) is 2. The van der Waals surface area contributed by atoms with Crippen LogP contribution in [-0.2, 0) is 9.47 Å². The fraction of sp³-hybridized carbons (Fsp3) is 0.487. The Kier molecular flexibility index (Phi) is 9.62. The summed E-state index contributed by atoms with van der Waals surface area (Å²) in [5.41, 5.74) is 3.76. The van der Waals surface area contributed by atoms with Crippen molar-refractivity contribution in [2.45, 2.75) is 96.9 Å². The second-order valence-corrected chi connectivity index (χ2v) is 16.0. The Bertz CT molecular complexity index is 1960. The molecule has 0 saturated carbocycles. The van der Waals surface area contributed by atoms with E-state index in [0.717, 1.165) is 65.2 Å². The van der Waals surface area contributed by atoms with Gasteiger partial charge in [0, 0.05) is 41.8 Å². The minimum absolute atomic E-state index is 0.174. The summed E-state index contributed by atoms with van der Waals surface area (Å²) >= 11 is 6.76. The third-order valence-electron chi connectivity index (χ3n) is 9.31. The van der Waals surface area contributed by atoms with Crippen LogP contribution in [0.15, 0.2) is 42.6 Å². The van der Waals surface area contributed by atoms with Gasteiger partial charge in [-0.15, -0.1) is 0 Å². The summed E-state index contributed by atoms with van der Waals surface area (Å²) in [5.74, 6) is 2.79. The van der Waals surface area contributed by atoms with E-state index in [1.807, 2.05) is 77.9 Å². The maximum Gasteiger partial charge on any atom is 0.410 e. The van der Waals surface area contributed by atoms with Crippen molar-refractivity contribution in [2.75, 3.05) is 26.3 Å². The standard InChI is InChI=1S/C39H47ClN6O6/c1-38(2,3)51-36(47)45-16-7-10-28(45)34-41-22-27(42-34)23-12-14-25-26-15-13-24(21-31(26)50-19-9-18-49-30(25)20-23)32-33(40)44-35(43-32)29-11-8-17-46(29)37(48)52-39(4,5)6/h12-15,20-22,28-29H,7-11,16-19H2,1-6H3,(H,41,42)(H,43,44)/t28-,29?/m0/s1. The number of amides is 2. The average Bonchev–Trinajstić information content (AvgIpc) is 3.89. The number of hydrogen-bond donors (Lipinski definition) is 2. The van der Waals surface area contributed by atoms with Crippen LogP contribution < -0.4 is 9.47 Å². The molecule has 3 aliphatic rings. The molecule has 0 bridgehead atoms. The molecular weight excluding hydrogens is 684 g/mol. The number of H-pyrrole nitrogens is 2. The zero-order valence-electron chi connectivity index (χ0n) is 30.7. The molecule has 12 nitrogen and oxygen atoms in total.